The van der Waals surface area contributed by atoms with Gasteiger partial charge in [0.25, 0.3) is 0 Å². The summed E-state index contributed by atoms with van der Waals surface area (Å²) in [4.78, 5) is 0. The van der Waals surface area contributed by atoms with Crippen molar-refractivity contribution in [2.75, 3.05) is 20.7 Å². The van der Waals surface area contributed by atoms with Crippen LogP contribution in [0.1, 0.15) is 53.6 Å². The lowest BCUT2D eigenvalue weighted by Gasteiger charge is -2.13. The minimum Gasteiger partial charge on any atom is -0.493 e. The smallest absolute Gasteiger partial charge is 0.160 e. The molecular weight excluding hydrogens is 316 g/mol. The number of ether oxygens (including phenoxy) is 3. The van der Waals surface area contributed by atoms with E-state index < -0.39 is 110 Å². The first kappa shape index (κ1) is 6.51. The molecule has 0 spiro atoms. The van der Waals surface area contributed by atoms with Crippen LogP contribution in [0.3, 0.4) is 0 Å². The van der Waals surface area contributed by atoms with Gasteiger partial charge in [0, 0.05) is 5.48 Å². The molecule has 0 aliphatic carbocycles. The summed E-state index contributed by atoms with van der Waals surface area (Å²) < 4.78 is 150. The highest BCUT2D eigenvalue weighted by Gasteiger charge is 2.07. The molecule has 4 nitrogen and oxygen atoms in total. The maximum atomic E-state index is 10.7. The third-order valence-corrected chi connectivity index (χ3v) is 2.76. The predicted molar refractivity (Wildman–Crippen MR) is 99.8 cm³/mol. The van der Waals surface area contributed by atoms with Gasteiger partial charge < -0.3 is 19.3 Å². The van der Waals surface area contributed by atoms with Crippen molar-refractivity contribution in [1.29, 1.82) is 0 Å². The van der Waals surface area contributed by atoms with Crippen molar-refractivity contribution in [3.05, 3.63) is 53.4 Å². The summed E-state index contributed by atoms with van der Waals surface area (Å²) in [5.74, 6) is -2.34. The Labute approximate surface area is 174 Å². The van der Waals surface area contributed by atoms with Crippen LogP contribution in [-0.4, -0.2) is 31.9 Å². The number of aliphatic hydroxyl groups is 1. The first-order chi connectivity index (χ1) is 18.7. The molecule has 0 aliphatic heterocycles. The van der Waals surface area contributed by atoms with Gasteiger partial charge in [-0.3, -0.25) is 0 Å². The van der Waals surface area contributed by atoms with E-state index >= 15 is 0 Å². The zero-order valence-corrected chi connectivity index (χ0v) is 13.6. The predicted octanol–water partition coefficient (Wildman–Crippen LogP) is 4.16. The Morgan fingerprint density at radius 2 is 2.12 bits per heavy atom. The van der Waals surface area contributed by atoms with Crippen LogP contribution in [0.4, 0.5) is 0 Å². The van der Waals surface area contributed by atoms with E-state index in [1.165, 1.54) is 6.92 Å². The van der Waals surface area contributed by atoms with E-state index in [1.807, 2.05) is 0 Å². The molecule has 0 aliphatic rings. The molecule has 0 aromatic heterocycles. The van der Waals surface area contributed by atoms with Gasteiger partial charge in [0.1, 0.15) is 12.3 Å². The average Bonchev–Trinajstić information content (AvgIpc) is 2.84. The molecule has 1 N–H and O–H groups in total. The van der Waals surface area contributed by atoms with Crippen molar-refractivity contribution >= 4 is 0 Å². The molecule has 0 saturated carbocycles. The van der Waals surface area contributed by atoms with E-state index in [-0.39, 0.29) is 5.56 Å². The number of hydrogen-bond acceptors (Lipinski definition) is 4. The molecule has 0 radical (unpaired) electrons. The fraction of sp³-hybridized carbons (Fsp3) is 0.429. The van der Waals surface area contributed by atoms with Crippen LogP contribution in [0, 0.1) is 6.92 Å². The van der Waals surface area contributed by atoms with Crippen molar-refractivity contribution in [1.82, 2.24) is 0 Å². The van der Waals surface area contributed by atoms with Gasteiger partial charge >= 0.3 is 0 Å². The lowest BCUT2D eigenvalue weighted by molar-refractivity contribution is 0.0976. The van der Waals surface area contributed by atoms with E-state index in [1.54, 1.807) is 0 Å². The van der Waals surface area contributed by atoms with Crippen molar-refractivity contribution in [2.45, 2.75) is 38.6 Å². The Hall–Kier alpha value is -2.20. The summed E-state index contributed by atoms with van der Waals surface area (Å²) in [7, 11) is -2.10. The zero-order valence-electron chi connectivity index (χ0n) is 30.6. The number of methoxy groups -OCH3 is 2. The van der Waals surface area contributed by atoms with Gasteiger partial charge in [-0.15, -0.1) is 0 Å². The molecule has 25 heavy (non-hydrogen) atoms. The molecule has 0 fully saturated rings. The lowest BCUT2D eigenvalue weighted by atomic mass is 10.0. The molecule has 4 heteroatoms. The highest BCUT2D eigenvalue weighted by Crippen LogP contribution is 2.28. The van der Waals surface area contributed by atoms with E-state index in [9.17, 15) is 5.11 Å². The monoisotopic (exact) mass is 361 g/mol. The van der Waals surface area contributed by atoms with Gasteiger partial charge in [-0.1, -0.05) is 24.5 Å². The molecule has 2 aromatic rings. The van der Waals surface area contributed by atoms with Crippen LogP contribution >= 0.6 is 0 Å². The van der Waals surface area contributed by atoms with Crippen molar-refractivity contribution < 1.29 is 42.6 Å². The van der Waals surface area contributed by atoms with E-state index in [0.717, 1.165) is 7.11 Å². The van der Waals surface area contributed by atoms with Crippen LogP contribution in [0.25, 0.3) is 0 Å². The summed E-state index contributed by atoms with van der Waals surface area (Å²) >= 11 is 0. The molecule has 0 bridgehead atoms. The maximum Gasteiger partial charge on any atom is 0.160 e. The Morgan fingerprint density at radius 3 is 2.92 bits per heavy atom. The normalized spacial score (nSPS) is 25.2. The highest BCUT2D eigenvalue weighted by atomic mass is 16.5. The van der Waals surface area contributed by atoms with Gasteiger partial charge in [0.05, 0.1) is 38.0 Å². The average molecular weight is 362 g/mol. The van der Waals surface area contributed by atoms with E-state index in [4.69, 9.17) is 37.5 Å². The summed E-state index contributed by atoms with van der Waals surface area (Å²) in [5.41, 5.74) is -0.789. The topological polar surface area (TPSA) is 47.9 Å². The Kier molecular flexibility index (Phi) is 2.59. The van der Waals surface area contributed by atoms with E-state index in [2.05, 4.69) is 0 Å². The summed E-state index contributed by atoms with van der Waals surface area (Å²) in [6.45, 7) is -2.56. The van der Waals surface area contributed by atoms with Crippen molar-refractivity contribution in [3.63, 3.8) is 0 Å². The fourth-order valence-corrected chi connectivity index (χ4v) is 1.65. The second-order valence-corrected chi connectivity index (χ2v) is 4.61. The van der Waals surface area contributed by atoms with Crippen LogP contribution < -0.4 is 14.2 Å². The number of hydrogen-bond donors (Lipinski definition) is 1. The summed E-state index contributed by atoms with van der Waals surface area (Å²) in [6, 6.07) is -5.31. The lowest BCUT2D eigenvalue weighted by Crippen LogP contribution is -2.17. The largest absolute Gasteiger partial charge is 0.493 e. The van der Waals surface area contributed by atoms with E-state index in [0.29, 0.717) is 0 Å². The molecule has 1 unspecified atom stereocenters. The molecule has 0 saturated heterocycles. The third-order valence-electron chi connectivity index (χ3n) is 2.76. The molecule has 0 amide bonds. The molecule has 2 aromatic carbocycles. The minimum atomic E-state index is -3.94. The Balaban J connectivity index is 2.51. The second-order valence-electron chi connectivity index (χ2n) is 4.61. The highest BCUT2D eigenvalue weighted by molar-refractivity contribution is 5.42. The Morgan fingerprint density at radius 1 is 1.24 bits per heavy atom. The number of benzene rings is 2. The first-order valence-corrected chi connectivity index (χ1v) is 7.07. The standard InChI is InChI=1S/C21H28O4/c1-16-7-6-10-19(13-16)25-15-18(22)9-5-4-8-17-11-12-20(23-2)21(14-17)24-3/h6-7,10-14,18,22H,4-5,8-9,15H2,1-3H3/i3D3,4D2,6D,7D,9D2,10D,11D,12D,13D,14D,15D2,18D. The molecule has 0 heterocycles. The third kappa shape index (κ3) is 6.31. The van der Waals surface area contributed by atoms with Gasteiger partial charge in [-0.2, -0.15) is 0 Å². The Bertz CT molecular complexity index is 1330. The SMILES string of the molecule is [2H]c1c([2H])c(C)c([2H])c(OC([2H])([2H])C([2H])(O)C([2H])([2H])CC([2H])([2H])Cc2c([2H])c([2H])c(OC)c(OC([2H])([2H])[2H])c2[2H])c1[2H]. The minimum absolute atomic E-state index is 0.192. The van der Waals surface area contributed by atoms with Crippen LogP contribution in [-0.2, 0) is 6.42 Å². The fourth-order valence-electron chi connectivity index (χ4n) is 1.65. The molecule has 2 rings (SSSR count). The van der Waals surface area contributed by atoms with Crippen molar-refractivity contribution in [2.24, 2.45) is 0 Å². The van der Waals surface area contributed by atoms with Crippen LogP contribution in [0.15, 0.2) is 42.3 Å². The number of rotatable bonds is 10. The zero-order chi connectivity index (χ0) is 33.0. The summed E-state index contributed by atoms with van der Waals surface area (Å²) in [6.07, 6.45) is -12.8. The van der Waals surface area contributed by atoms with Gasteiger partial charge in [0.15, 0.2) is 11.5 Å². The second kappa shape index (κ2) is 9.94. The first-order valence-electron chi connectivity index (χ1n) is 15.6. The van der Waals surface area contributed by atoms with Gasteiger partial charge in [0.2, 0.25) is 0 Å². The quantitative estimate of drug-likeness (QED) is 0.690. The summed E-state index contributed by atoms with van der Waals surface area (Å²) in [5, 5.41) is 10.7. The van der Waals surface area contributed by atoms with Gasteiger partial charge in [-0.05, 0) is 61.4 Å². The van der Waals surface area contributed by atoms with Crippen molar-refractivity contribution in [3.8, 4) is 17.2 Å². The molecular formula is C21H28O4. The van der Waals surface area contributed by atoms with Gasteiger partial charge in [-0.25, -0.2) is 0 Å². The maximum absolute atomic E-state index is 10.7. The van der Waals surface area contributed by atoms with Crippen LogP contribution in [0.2, 0.25) is 0 Å². The van der Waals surface area contributed by atoms with Crippen LogP contribution in [0.5, 0.6) is 17.2 Å². The molecule has 1 atom stereocenters. The molecule has 136 valence electrons.